The van der Waals surface area contributed by atoms with Gasteiger partial charge in [0.25, 0.3) is 0 Å². The van der Waals surface area contributed by atoms with Crippen molar-refractivity contribution in [3.8, 4) is 22.5 Å². The highest BCUT2D eigenvalue weighted by Gasteiger charge is 2.26. The molecule has 1 fully saturated rings. The van der Waals surface area contributed by atoms with Crippen LogP contribution in [0.1, 0.15) is 17.8 Å². The number of rotatable bonds is 3. The van der Waals surface area contributed by atoms with Gasteiger partial charge in [0.1, 0.15) is 23.4 Å². The van der Waals surface area contributed by atoms with Crippen LogP contribution in [-0.4, -0.2) is 42.5 Å². The number of fused-ring (bicyclic) bond motifs is 1. The number of hydrogen-bond donors (Lipinski definition) is 0. The number of anilines is 1. The Labute approximate surface area is 167 Å². The average Bonchev–Trinajstić information content (AvgIpc) is 3.17. The fourth-order valence-electron chi connectivity index (χ4n) is 3.70. The van der Waals surface area contributed by atoms with Gasteiger partial charge in [-0.1, -0.05) is 23.7 Å². The normalized spacial score (nSPS) is 13.9. The fourth-order valence-corrected chi connectivity index (χ4v) is 3.88. The van der Waals surface area contributed by atoms with Gasteiger partial charge in [-0.25, -0.2) is 14.5 Å². The van der Waals surface area contributed by atoms with Crippen molar-refractivity contribution in [2.45, 2.75) is 20.3 Å². The van der Waals surface area contributed by atoms with E-state index in [0.717, 1.165) is 63.3 Å². The molecule has 142 valence electrons. The van der Waals surface area contributed by atoms with Crippen LogP contribution in [0.2, 0.25) is 5.02 Å². The maximum absolute atomic E-state index is 6.40. The number of aromatic nitrogens is 6. The summed E-state index contributed by atoms with van der Waals surface area (Å²) in [5, 5.41) is 9.68. The molecule has 0 radical (unpaired) electrons. The van der Waals surface area contributed by atoms with Gasteiger partial charge in [0.15, 0.2) is 5.82 Å². The van der Waals surface area contributed by atoms with Gasteiger partial charge >= 0.3 is 0 Å². The number of halogens is 1. The summed E-state index contributed by atoms with van der Waals surface area (Å²) in [6.07, 6.45) is 4.64. The minimum absolute atomic E-state index is 0.736. The molecule has 0 N–H and O–H groups in total. The van der Waals surface area contributed by atoms with Gasteiger partial charge in [0.05, 0.1) is 11.9 Å². The standard InChI is InChI=1S/C20H20ClN7/c1-12-5-6-14(9-16(12)21)18-15(10-23-26(18)3)17-19-20(27-7-4-8-27)22-11-24-28(19)13(2)25-17/h5-6,9-11H,4,7-8H2,1-3H3. The first-order valence-corrected chi connectivity index (χ1v) is 9.66. The maximum atomic E-state index is 6.40. The molecule has 1 aromatic carbocycles. The van der Waals surface area contributed by atoms with E-state index in [-0.39, 0.29) is 0 Å². The molecule has 7 nitrogen and oxygen atoms in total. The highest BCUT2D eigenvalue weighted by Crippen LogP contribution is 2.38. The third-order valence-corrected chi connectivity index (χ3v) is 5.78. The molecule has 1 aliphatic rings. The topological polar surface area (TPSA) is 64.1 Å². The number of benzene rings is 1. The third-order valence-electron chi connectivity index (χ3n) is 5.37. The summed E-state index contributed by atoms with van der Waals surface area (Å²) in [5.41, 5.74) is 5.74. The van der Waals surface area contributed by atoms with Crippen molar-refractivity contribution in [2.24, 2.45) is 7.05 Å². The zero-order valence-corrected chi connectivity index (χ0v) is 16.8. The minimum atomic E-state index is 0.736. The first kappa shape index (κ1) is 17.2. The van der Waals surface area contributed by atoms with Gasteiger partial charge in [-0.3, -0.25) is 4.68 Å². The lowest BCUT2D eigenvalue weighted by Crippen LogP contribution is -2.38. The molecule has 28 heavy (non-hydrogen) atoms. The summed E-state index contributed by atoms with van der Waals surface area (Å²) in [6, 6.07) is 6.08. The van der Waals surface area contributed by atoms with E-state index in [1.165, 1.54) is 6.42 Å². The lowest BCUT2D eigenvalue weighted by molar-refractivity contribution is 0.608. The summed E-state index contributed by atoms with van der Waals surface area (Å²) >= 11 is 6.40. The summed E-state index contributed by atoms with van der Waals surface area (Å²) in [7, 11) is 1.94. The first-order valence-electron chi connectivity index (χ1n) is 9.29. The largest absolute Gasteiger partial charge is 0.355 e. The van der Waals surface area contributed by atoms with Crippen LogP contribution < -0.4 is 4.90 Å². The molecule has 0 atom stereocenters. The van der Waals surface area contributed by atoms with Crippen LogP contribution in [-0.2, 0) is 7.05 Å². The van der Waals surface area contributed by atoms with E-state index in [4.69, 9.17) is 16.6 Å². The summed E-state index contributed by atoms with van der Waals surface area (Å²) in [5.74, 6) is 1.75. The second-order valence-corrected chi connectivity index (χ2v) is 7.59. The monoisotopic (exact) mass is 393 g/mol. The number of nitrogens with zero attached hydrogens (tertiary/aromatic N) is 7. The van der Waals surface area contributed by atoms with Gasteiger partial charge < -0.3 is 4.90 Å². The van der Waals surface area contributed by atoms with E-state index in [0.29, 0.717) is 0 Å². The Balaban J connectivity index is 1.77. The molecule has 0 saturated carbocycles. The van der Waals surface area contributed by atoms with Crippen LogP contribution in [0.25, 0.3) is 28.0 Å². The molecular formula is C20H20ClN7. The summed E-state index contributed by atoms with van der Waals surface area (Å²) in [6.45, 7) is 5.97. The Hall–Kier alpha value is -2.93. The molecule has 0 spiro atoms. The van der Waals surface area contributed by atoms with Crippen molar-refractivity contribution in [1.29, 1.82) is 0 Å². The van der Waals surface area contributed by atoms with Crippen molar-refractivity contribution in [3.05, 3.63) is 47.1 Å². The van der Waals surface area contributed by atoms with Crippen LogP contribution >= 0.6 is 11.6 Å². The molecule has 0 aliphatic carbocycles. The summed E-state index contributed by atoms with van der Waals surface area (Å²) in [4.78, 5) is 11.7. The predicted molar refractivity (Wildman–Crippen MR) is 110 cm³/mol. The van der Waals surface area contributed by atoms with Crippen molar-refractivity contribution >= 4 is 22.9 Å². The van der Waals surface area contributed by atoms with Gasteiger partial charge in [0, 0.05) is 36.3 Å². The van der Waals surface area contributed by atoms with Gasteiger partial charge in [-0.2, -0.15) is 10.2 Å². The van der Waals surface area contributed by atoms with Crippen LogP contribution in [0, 0.1) is 13.8 Å². The zero-order chi connectivity index (χ0) is 19.4. The van der Waals surface area contributed by atoms with E-state index >= 15 is 0 Å². The van der Waals surface area contributed by atoms with Crippen molar-refractivity contribution in [1.82, 2.24) is 29.4 Å². The Kier molecular flexibility index (Phi) is 3.87. The molecule has 4 heterocycles. The van der Waals surface area contributed by atoms with Crippen LogP contribution in [0.15, 0.2) is 30.7 Å². The molecule has 5 rings (SSSR count). The molecule has 4 aromatic rings. The molecule has 0 amide bonds. The Morgan fingerprint density at radius 3 is 2.64 bits per heavy atom. The van der Waals surface area contributed by atoms with E-state index < -0.39 is 0 Å². The van der Waals surface area contributed by atoms with Crippen molar-refractivity contribution in [2.75, 3.05) is 18.0 Å². The first-order chi connectivity index (χ1) is 13.5. The number of hydrogen-bond acceptors (Lipinski definition) is 5. The molecule has 0 unspecified atom stereocenters. The summed E-state index contributed by atoms with van der Waals surface area (Å²) < 4.78 is 3.73. The number of aryl methyl sites for hydroxylation is 3. The van der Waals surface area contributed by atoms with E-state index in [2.05, 4.69) is 26.1 Å². The Morgan fingerprint density at radius 1 is 1.11 bits per heavy atom. The molecule has 3 aromatic heterocycles. The molecular weight excluding hydrogens is 374 g/mol. The van der Waals surface area contributed by atoms with E-state index in [1.807, 2.05) is 48.4 Å². The molecule has 8 heteroatoms. The number of imidazole rings is 1. The second-order valence-electron chi connectivity index (χ2n) is 7.19. The van der Waals surface area contributed by atoms with Crippen LogP contribution in [0.5, 0.6) is 0 Å². The van der Waals surface area contributed by atoms with Crippen LogP contribution in [0.3, 0.4) is 0 Å². The minimum Gasteiger partial charge on any atom is -0.355 e. The lowest BCUT2D eigenvalue weighted by atomic mass is 10.0. The Morgan fingerprint density at radius 2 is 1.93 bits per heavy atom. The quantitative estimate of drug-likeness (QED) is 0.531. The molecule has 0 bridgehead atoms. The van der Waals surface area contributed by atoms with Crippen molar-refractivity contribution in [3.63, 3.8) is 0 Å². The average molecular weight is 394 g/mol. The van der Waals surface area contributed by atoms with E-state index in [9.17, 15) is 0 Å². The SMILES string of the molecule is Cc1ccc(-c2c(-c3nc(C)n4ncnc(N5CCC5)c34)cnn2C)cc1Cl. The van der Waals surface area contributed by atoms with Crippen molar-refractivity contribution < 1.29 is 0 Å². The predicted octanol–water partition coefficient (Wildman–Crippen LogP) is 3.67. The molecule has 1 aliphatic heterocycles. The van der Waals surface area contributed by atoms with Gasteiger partial charge in [-0.05, 0) is 31.9 Å². The zero-order valence-electron chi connectivity index (χ0n) is 16.0. The third kappa shape index (κ3) is 2.50. The maximum Gasteiger partial charge on any atom is 0.158 e. The Bertz CT molecular complexity index is 1200. The van der Waals surface area contributed by atoms with Gasteiger partial charge in [0.2, 0.25) is 0 Å². The smallest absolute Gasteiger partial charge is 0.158 e. The van der Waals surface area contributed by atoms with Gasteiger partial charge in [-0.15, -0.1) is 0 Å². The highest BCUT2D eigenvalue weighted by atomic mass is 35.5. The fraction of sp³-hybridized carbons (Fsp3) is 0.300. The van der Waals surface area contributed by atoms with E-state index in [1.54, 1.807) is 6.33 Å². The molecule has 1 saturated heterocycles. The lowest BCUT2D eigenvalue weighted by Gasteiger charge is -2.32. The van der Waals surface area contributed by atoms with Crippen LogP contribution in [0.4, 0.5) is 5.82 Å². The highest BCUT2D eigenvalue weighted by molar-refractivity contribution is 6.31. The second kappa shape index (κ2) is 6.31.